The van der Waals surface area contributed by atoms with Gasteiger partial charge in [-0.15, -0.1) is 0 Å². The lowest BCUT2D eigenvalue weighted by Gasteiger charge is -2.53. The third-order valence-electron chi connectivity index (χ3n) is 7.66. The predicted molar refractivity (Wildman–Crippen MR) is 97.5 cm³/mol. The van der Waals surface area contributed by atoms with Gasteiger partial charge in [0.1, 0.15) is 11.5 Å². The molecular formula is C22H30O3. The summed E-state index contributed by atoms with van der Waals surface area (Å²) in [5.74, 6) is 2.52. The Morgan fingerprint density at radius 3 is 2.84 bits per heavy atom. The van der Waals surface area contributed by atoms with E-state index in [2.05, 4.69) is 13.0 Å². The number of phenols is 1. The number of benzene rings is 1. The maximum Gasteiger partial charge on any atom is 0.132 e. The van der Waals surface area contributed by atoms with E-state index in [1.807, 2.05) is 13.0 Å². The van der Waals surface area contributed by atoms with Crippen LogP contribution in [0.1, 0.15) is 69.4 Å². The summed E-state index contributed by atoms with van der Waals surface area (Å²) in [6.45, 7) is 4.21. The van der Waals surface area contributed by atoms with E-state index in [9.17, 15) is 15.0 Å². The molecule has 6 atom stereocenters. The number of aliphatic hydroxyl groups is 1. The summed E-state index contributed by atoms with van der Waals surface area (Å²) in [5, 5.41) is 20.6. The van der Waals surface area contributed by atoms with Crippen molar-refractivity contribution >= 4 is 5.78 Å². The van der Waals surface area contributed by atoms with Crippen molar-refractivity contribution in [3.8, 4) is 5.75 Å². The topological polar surface area (TPSA) is 57.5 Å². The number of fused-ring (bicyclic) bond motifs is 5. The first kappa shape index (κ1) is 17.1. The molecule has 2 saturated carbocycles. The first-order valence-electron chi connectivity index (χ1n) is 9.95. The maximum absolute atomic E-state index is 12.3. The van der Waals surface area contributed by atoms with Gasteiger partial charge in [-0.1, -0.05) is 19.9 Å². The van der Waals surface area contributed by atoms with Gasteiger partial charge >= 0.3 is 0 Å². The molecule has 4 rings (SSSR count). The monoisotopic (exact) mass is 342 g/mol. The molecule has 0 saturated heterocycles. The molecule has 0 bridgehead atoms. The quantitative estimate of drug-likeness (QED) is 0.865. The summed E-state index contributed by atoms with van der Waals surface area (Å²) >= 11 is 0. The van der Waals surface area contributed by atoms with Crippen LogP contribution >= 0.6 is 0 Å². The van der Waals surface area contributed by atoms with Crippen LogP contribution in [-0.2, 0) is 11.2 Å². The lowest BCUT2D eigenvalue weighted by atomic mass is 9.51. The number of hydrogen-bond donors (Lipinski definition) is 2. The molecule has 2 fully saturated rings. The van der Waals surface area contributed by atoms with Crippen LogP contribution < -0.4 is 0 Å². The predicted octanol–water partition coefficient (Wildman–Crippen LogP) is 4.20. The number of carbonyl (C=O) groups is 1. The molecule has 2 N–H and O–H groups in total. The van der Waals surface area contributed by atoms with E-state index in [0.717, 1.165) is 32.1 Å². The van der Waals surface area contributed by atoms with E-state index in [-0.39, 0.29) is 11.5 Å². The van der Waals surface area contributed by atoms with Gasteiger partial charge in [-0.25, -0.2) is 0 Å². The molecule has 1 unspecified atom stereocenters. The van der Waals surface area contributed by atoms with Crippen molar-refractivity contribution < 1.29 is 15.0 Å². The van der Waals surface area contributed by atoms with Gasteiger partial charge in [0.25, 0.3) is 0 Å². The van der Waals surface area contributed by atoms with Gasteiger partial charge in [0.05, 0.1) is 6.10 Å². The zero-order valence-electron chi connectivity index (χ0n) is 15.4. The molecule has 3 heteroatoms. The Morgan fingerprint density at radius 2 is 2.08 bits per heavy atom. The smallest absolute Gasteiger partial charge is 0.132 e. The average molecular weight is 342 g/mol. The standard InChI is InChI=1S/C22H30O3/c1-3-15(23)11-14-12-22(2)19(8-9-20(22)25)18-6-4-13-10-16(24)5-7-17(13)21(14)18/h5,7,10,14,18-21,24-25H,3-4,6,8-9,11-12H2,1-2H3/t14-,18-,19-,20?,21+,22-/m0/s1. The lowest BCUT2D eigenvalue weighted by Crippen LogP contribution is -2.48. The van der Waals surface area contributed by atoms with Crippen LogP contribution in [0, 0.1) is 23.2 Å². The Balaban J connectivity index is 1.76. The molecule has 1 aromatic carbocycles. The van der Waals surface area contributed by atoms with Crippen LogP contribution in [0.3, 0.4) is 0 Å². The zero-order valence-corrected chi connectivity index (χ0v) is 15.4. The molecule has 0 amide bonds. The molecule has 0 aromatic heterocycles. The summed E-state index contributed by atoms with van der Waals surface area (Å²) in [5.41, 5.74) is 2.58. The number of aryl methyl sites for hydroxylation is 1. The minimum absolute atomic E-state index is 0.0335. The largest absolute Gasteiger partial charge is 0.508 e. The molecule has 3 nitrogen and oxygen atoms in total. The maximum atomic E-state index is 12.3. The van der Waals surface area contributed by atoms with Crippen LogP contribution in [0.4, 0.5) is 0 Å². The molecule has 25 heavy (non-hydrogen) atoms. The Hall–Kier alpha value is -1.35. The Kier molecular flexibility index (Phi) is 4.18. The fourth-order valence-electron chi connectivity index (χ4n) is 6.48. The van der Waals surface area contributed by atoms with Gasteiger partial charge in [0, 0.05) is 12.8 Å². The van der Waals surface area contributed by atoms with E-state index in [0.29, 0.717) is 48.0 Å². The Morgan fingerprint density at radius 1 is 1.28 bits per heavy atom. The van der Waals surface area contributed by atoms with Crippen molar-refractivity contribution in [2.24, 2.45) is 23.2 Å². The third kappa shape index (κ3) is 2.63. The van der Waals surface area contributed by atoms with Crippen molar-refractivity contribution in [3.63, 3.8) is 0 Å². The summed E-state index contributed by atoms with van der Waals surface area (Å²) in [6.07, 6.45) is 6.09. The molecule has 0 radical (unpaired) electrons. The molecule has 0 spiro atoms. The fraction of sp³-hybridized carbons (Fsp3) is 0.682. The zero-order chi connectivity index (χ0) is 17.8. The number of rotatable bonds is 3. The average Bonchev–Trinajstić information content (AvgIpc) is 2.89. The fourth-order valence-corrected chi connectivity index (χ4v) is 6.48. The van der Waals surface area contributed by atoms with Gasteiger partial charge in [0.2, 0.25) is 0 Å². The highest BCUT2D eigenvalue weighted by molar-refractivity contribution is 5.78. The van der Waals surface area contributed by atoms with Gasteiger partial charge in [-0.3, -0.25) is 4.79 Å². The number of carbonyl (C=O) groups excluding carboxylic acids is 1. The van der Waals surface area contributed by atoms with Crippen molar-refractivity contribution in [3.05, 3.63) is 29.3 Å². The van der Waals surface area contributed by atoms with E-state index < -0.39 is 0 Å². The number of phenolic OH excluding ortho intramolecular Hbond substituents is 1. The van der Waals surface area contributed by atoms with Crippen molar-refractivity contribution in [1.82, 2.24) is 0 Å². The van der Waals surface area contributed by atoms with Gasteiger partial charge in [-0.05, 0) is 84.5 Å². The minimum atomic E-state index is -0.223. The molecule has 3 aliphatic rings. The van der Waals surface area contributed by atoms with Crippen LogP contribution in [0.5, 0.6) is 5.75 Å². The molecule has 0 heterocycles. The summed E-state index contributed by atoms with van der Waals surface area (Å²) in [4.78, 5) is 12.3. The second-order valence-corrected chi connectivity index (χ2v) is 8.88. The van der Waals surface area contributed by atoms with Crippen molar-refractivity contribution in [2.45, 2.75) is 70.8 Å². The number of ketones is 1. The molecule has 136 valence electrons. The van der Waals surface area contributed by atoms with Gasteiger partial charge < -0.3 is 10.2 Å². The van der Waals surface area contributed by atoms with Crippen molar-refractivity contribution in [1.29, 1.82) is 0 Å². The van der Waals surface area contributed by atoms with E-state index in [1.165, 1.54) is 11.1 Å². The summed E-state index contributed by atoms with van der Waals surface area (Å²) < 4.78 is 0. The van der Waals surface area contributed by atoms with Crippen LogP contribution in [0.2, 0.25) is 0 Å². The number of aromatic hydroxyl groups is 1. The highest BCUT2D eigenvalue weighted by Gasteiger charge is 2.57. The van der Waals surface area contributed by atoms with E-state index in [1.54, 1.807) is 6.07 Å². The highest BCUT2D eigenvalue weighted by Crippen LogP contribution is 2.63. The molecule has 0 aliphatic heterocycles. The Bertz CT molecular complexity index is 682. The first-order chi connectivity index (χ1) is 11.9. The normalized spacial score (nSPS) is 39.4. The Labute approximate surface area is 150 Å². The van der Waals surface area contributed by atoms with Crippen LogP contribution in [-0.4, -0.2) is 22.1 Å². The number of aliphatic hydroxyl groups excluding tert-OH is 1. The number of hydrogen-bond acceptors (Lipinski definition) is 3. The van der Waals surface area contributed by atoms with Crippen LogP contribution in [0.15, 0.2) is 18.2 Å². The highest BCUT2D eigenvalue weighted by atomic mass is 16.3. The van der Waals surface area contributed by atoms with Crippen molar-refractivity contribution in [2.75, 3.05) is 0 Å². The number of Topliss-reactive ketones (excluding diaryl/α,β-unsaturated/α-hetero) is 1. The SMILES string of the molecule is CCC(=O)C[C@H]1C[C@]2(C)C(O)CC[C@H]2[C@@H]2CCc3cc(O)ccc3[C@@H]12. The van der Waals surface area contributed by atoms with E-state index >= 15 is 0 Å². The second-order valence-electron chi connectivity index (χ2n) is 8.88. The molecule has 3 aliphatic carbocycles. The molecular weight excluding hydrogens is 312 g/mol. The van der Waals surface area contributed by atoms with Gasteiger partial charge in [-0.2, -0.15) is 0 Å². The first-order valence-corrected chi connectivity index (χ1v) is 9.95. The summed E-state index contributed by atoms with van der Waals surface area (Å²) in [7, 11) is 0. The molecule has 1 aromatic rings. The third-order valence-corrected chi connectivity index (χ3v) is 7.66. The van der Waals surface area contributed by atoms with Gasteiger partial charge in [0.15, 0.2) is 0 Å². The summed E-state index contributed by atoms with van der Waals surface area (Å²) in [6, 6.07) is 5.82. The second kappa shape index (κ2) is 6.12. The van der Waals surface area contributed by atoms with Crippen LogP contribution in [0.25, 0.3) is 0 Å². The minimum Gasteiger partial charge on any atom is -0.508 e. The van der Waals surface area contributed by atoms with E-state index in [4.69, 9.17) is 0 Å². The lowest BCUT2D eigenvalue weighted by molar-refractivity contribution is -0.122.